The summed E-state index contributed by atoms with van der Waals surface area (Å²) in [6.07, 6.45) is 5.24. The first kappa shape index (κ1) is 20.6. The molecule has 1 aliphatic heterocycles. The molecule has 0 spiro atoms. The van der Waals surface area contributed by atoms with Crippen molar-refractivity contribution in [1.82, 2.24) is 19.6 Å². The maximum Gasteiger partial charge on any atom is 0.274 e. The molecule has 1 aromatic heterocycles. The number of aromatic nitrogens is 2. The van der Waals surface area contributed by atoms with E-state index in [-0.39, 0.29) is 11.4 Å². The van der Waals surface area contributed by atoms with Gasteiger partial charge in [-0.3, -0.25) is 9.69 Å². The largest absolute Gasteiger partial charge is 0.336 e. The molecule has 29 heavy (non-hydrogen) atoms. The van der Waals surface area contributed by atoms with Crippen molar-refractivity contribution in [3.63, 3.8) is 0 Å². The summed E-state index contributed by atoms with van der Waals surface area (Å²) >= 11 is 3.56. The molecule has 0 saturated carbocycles. The molecule has 2 aliphatic rings. The molecule has 0 atom stereocenters. The van der Waals surface area contributed by atoms with Gasteiger partial charge in [0, 0.05) is 47.4 Å². The Morgan fingerprint density at radius 3 is 2.59 bits per heavy atom. The van der Waals surface area contributed by atoms with Crippen LogP contribution in [0.15, 0.2) is 28.7 Å². The normalized spacial score (nSPS) is 18.4. The van der Waals surface area contributed by atoms with E-state index < -0.39 is 0 Å². The van der Waals surface area contributed by atoms with E-state index in [9.17, 15) is 4.79 Å². The van der Waals surface area contributed by atoms with E-state index in [0.29, 0.717) is 5.69 Å². The third-order valence-corrected chi connectivity index (χ3v) is 6.66. The highest BCUT2D eigenvalue weighted by Crippen LogP contribution is 2.29. The van der Waals surface area contributed by atoms with Crippen LogP contribution in [0.3, 0.4) is 0 Å². The summed E-state index contributed by atoms with van der Waals surface area (Å²) in [5, 5.41) is 4.87. The van der Waals surface area contributed by atoms with Crippen LogP contribution in [0.4, 0.5) is 0 Å². The second-order valence-electron chi connectivity index (χ2n) is 9.18. The molecule has 0 unspecified atom stereocenters. The summed E-state index contributed by atoms with van der Waals surface area (Å²) in [7, 11) is 0. The third-order valence-electron chi connectivity index (χ3n) is 6.17. The van der Waals surface area contributed by atoms with Crippen LogP contribution in [-0.4, -0.2) is 57.2 Å². The third kappa shape index (κ3) is 4.29. The molecule has 156 valence electrons. The topological polar surface area (TPSA) is 41.4 Å². The number of hydrogen-bond donors (Lipinski definition) is 0. The van der Waals surface area contributed by atoms with Crippen LogP contribution >= 0.6 is 15.9 Å². The molecule has 2 heterocycles. The first-order chi connectivity index (χ1) is 13.8. The van der Waals surface area contributed by atoms with E-state index >= 15 is 0 Å². The highest BCUT2D eigenvalue weighted by atomic mass is 79.9. The quantitative estimate of drug-likeness (QED) is 0.666. The maximum atomic E-state index is 13.5. The van der Waals surface area contributed by atoms with E-state index in [0.717, 1.165) is 74.0 Å². The lowest BCUT2D eigenvalue weighted by molar-refractivity contribution is 0.0742. The van der Waals surface area contributed by atoms with Gasteiger partial charge < -0.3 is 4.90 Å². The predicted molar refractivity (Wildman–Crippen MR) is 120 cm³/mol. The van der Waals surface area contributed by atoms with Crippen molar-refractivity contribution >= 4 is 21.8 Å². The zero-order chi connectivity index (χ0) is 20.6. The van der Waals surface area contributed by atoms with Crippen LogP contribution < -0.4 is 0 Å². The summed E-state index contributed by atoms with van der Waals surface area (Å²) in [6, 6.07) is 8.18. The van der Waals surface area contributed by atoms with E-state index in [1.54, 1.807) is 0 Å². The molecule has 0 bridgehead atoms. The van der Waals surface area contributed by atoms with Crippen LogP contribution in [0, 0.1) is 0 Å². The SMILES string of the molecule is CC(C)(C)N1CCCN(C(=O)c2nn(-c3cccc(Br)c3)c3c2CCCC3)CC1. The van der Waals surface area contributed by atoms with Crippen molar-refractivity contribution in [3.8, 4) is 5.69 Å². The molecule has 5 nitrogen and oxygen atoms in total. The molecular formula is C23H31BrN4O. The minimum Gasteiger partial charge on any atom is -0.336 e. The average molecular weight is 459 g/mol. The lowest BCUT2D eigenvalue weighted by atomic mass is 9.95. The van der Waals surface area contributed by atoms with Gasteiger partial charge in [0.1, 0.15) is 0 Å². The first-order valence-corrected chi connectivity index (χ1v) is 11.5. The second-order valence-corrected chi connectivity index (χ2v) is 10.1. The van der Waals surface area contributed by atoms with Crippen molar-refractivity contribution in [2.24, 2.45) is 0 Å². The Kier molecular flexibility index (Phi) is 5.85. The molecule has 1 saturated heterocycles. The van der Waals surface area contributed by atoms with Crippen LogP contribution in [0.1, 0.15) is 61.8 Å². The fourth-order valence-corrected chi connectivity index (χ4v) is 4.92. The van der Waals surface area contributed by atoms with Gasteiger partial charge in [-0.1, -0.05) is 22.0 Å². The maximum absolute atomic E-state index is 13.5. The molecule has 0 radical (unpaired) electrons. The summed E-state index contributed by atoms with van der Waals surface area (Å²) in [5.74, 6) is 0.104. The summed E-state index contributed by atoms with van der Waals surface area (Å²) < 4.78 is 3.03. The monoisotopic (exact) mass is 458 g/mol. The van der Waals surface area contributed by atoms with Crippen LogP contribution in [0.2, 0.25) is 0 Å². The molecule has 1 fully saturated rings. The Balaban J connectivity index is 1.64. The number of rotatable bonds is 2. The fourth-order valence-electron chi connectivity index (χ4n) is 4.53. The minimum absolute atomic E-state index is 0.104. The van der Waals surface area contributed by atoms with Crippen molar-refractivity contribution in [1.29, 1.82) is 0 Å². The van der Waals surface area contributed by atoms with Gasteiger partial charge in [0.25, 0.3) is 5.91 Å². The van der Waals surface area contributed by atoms with Gasteiger partial charge >= 0.3 is 0 Å². The lowest BCUT2D eigenvalue weighted by Crippen LogP contribution is -2.44. The van der Waals surface area contributed by atoms with E-state index in [2.05, 4.69) is 53.7 Å². The lowest BCUT2D eigenvalue weighted by Gasteiger charge is -2.34. The van der Waals surface area contributed by atoms with E-state index in [1.807, 2.05) is 21.7 Å². The smallest absolute Gasteiger partial charge is 0.274 e. The predicted octanol–water partition coefficient (Wildman–Crippen LogP) is 4.46. The van der Waals surface area contributed by atoms with Gasteiger partial charge in [-0.15, -0.1) is 0 Å². The van der Waals surface area contributed by atoms with E-state index in [4.69, 9.17) is 5.10 Å². The molecule has 4 rings (SSSR count). The van der Waals surface area contributed by atoms with Crippen molar-refractivity contribution in [3.05, 3.63) is 45.7 Å². The number of carbonyl (C=O) groups is 1. The van der Waals surface area contributed by atoms with Gasteiger partial charge in [0.05, 0.1) is 5.69 Å². The van der Waals surface area contributed by atoms with Crippen molar-refractivity contribution < 1.29 is 4.79 Å². The Morgan fingerprint density at radius 2 is 1.83 bits per heavy atom. The van der Waals surface area contributed by atoms with Crippen LogP contribution in [-0.2, 0) is 12.8 Å². The number of carbonyl (C=O) groups excluding carboxylic acids is 1. The standard InChI is InChI=1S/C23H31BrN4O/c1-23(2,3)27-13-7-12-26(14-15-27)22(29)21-19-10-4-5-11-20(19)28(25-21)18-9-6-8-17(24)16-18/h6,8-9,16H,4-5,7,10-15H2,1-3H3. The number of nitrogens with zero attached hydrogens (tertiary/aromatic N) is 4. The molecule has 1 aromatic carbocycles. The molecule has 2 aromatic rings. The Labute approximate surface area is 182 Å². The molecule has 1 aliphatic carbocycles. The first-order valence-electron chi connectivity index (χ1n) is 10.8. The summed E-state index contributed by atoms with van der Waals surface area (Å²) in [6.45, 7) is 10.3. The van der Waals surface area contributed by atoms with Crippen molar-refractivity contribution in [2.75, 3.05) is 26.2 Å². The second kappa shape index (κ2) is 8.23. The molecule has 1 amide bonds. The summed E-state index contributed by atoms with van der Waals surface area (Å²) in [4.78, 5) is 18.0. The van der Waals surface area contributed by atoms with Gasteiger partial charge in [0.2, 0.25) is 0 Å². The number of halogens is 1. The number of hydrogen-bond acceptors (Lipinski definition) is 3. The summed E-state index contributed by atoms with van der Waals surface area (Å²) in [5.41, 5.74) is 4.21. The van der Waals surface area contributed by atoms with Crippen LogP contribution in [0.5, 0.6) is 0 Å². The Bertz CT molecular complexity index is 899. The van der Waals surface area contributed by atoms with Gasteiger partial charge in [-0.2, -0.15) is 5.10 Å². The zero-order valence-electron chi connectivity index (χ0n) is 17.7. The zero-order valence-corrected chi connectivity index (χ0v) is 19.3. The number of benzene rings is 1. The molecule has 6 heteroatoms. The highest BCUT2D eigenvalue weighted by molar-refractivity contribution is 9.10. The minimum atomic E-state index is 0.104. The molecule has 0 N–H and O–H groups in total. The number of amides is 1. The van der Waals surface area contributed by atoms with Gasteiger partial charge in [-0.25, -0.2) is 4.68 Å². The average Bonchev–Trinajstić information content (AvgIpc) is 2.88. The fraction of sp³-hybridized carbons (Fsp3) is 0.565. The molecular weight excluding hydrogens is 428 g/mol. The Hall–Kier alpha value is -1.66. The van der Waals surface area contributed by atoms with Crippen molar-refractivity contribution in [2.45, 2.75) is 58.4 Å². The van der Waals surface area contributed by atoms with Crippen LogP contribution in [0.25, 0.3) is 5.69 Å². The Morgan fingerprint density at radius 1 is 1.03 bits per heavy atom. The van der Waals surface area contributed by atoms with Gasteiger partial charge in [0.15, 0.2) is 5.69 Å². The number of fused-ring (bicyclic) bond motifs is 1. The highest BCUT2D eigenvalue weighted by Gasteiger charge is 2.31. The van der Waals surface area contributed by atoms with Gasteiger partial charge in [-0.05, 0) is 71.1 Å². The van der Waals surface area contributed by atoms with E-state index in [1.165, 1.54) is 5.69 Å².